The van der Waals surface area contributed by atoms with Gasteiger partial charge in [-0.1, -0.05) is 6.08 Å². The summed E-state index contributed by atoms with van der Waals surface area (Å²) in [6.07, 6.45) is 9.69. The molecule has 0 aliphatic carbocycles. The summed E-state index contributed by atoms with van der Waals surface area (Å²) in [5, 5.41) is 0. The molecule has 0 aromatic heterocycles. The van der Waals surface area contributed by atoms with Crippen LogP contribution >= 0.6 is 0 Å². The molecule has 0 bridgehead atoms. The molecule has 0 unspecified atom stereocenters. The average molecular weight is 150 g/mol. The van der Waals surface area contributed by atoms with Crippen LogP contribution in [0.25, 0.3) is 0 Å². The maximum Gasteiger partial charge on any atom is 0.155 e. The van der Waals surface area contributed by atoms with Crippen molar-refractivity contribution in [3.05, 3.63) is 11.6 Å². The quantitative estimate of drug-likeness (QED) is 0.341. The third kappa shape index (κ3) is 5.42. The fourth-order valence-corrected chi connectivity index (χ4v) is 0.666. The van der Waals surface area contributed by atoms with Crippen LogP contribution < -0.4 is 0 Å². The third-order valence-electron chi connectivity index (χ3n) is 1.53. The molecule has 0 N–H and O–H groups in total. The first kappa shape index (κ1) is 9.97. The second-order valence-corrected chi connectivity index (χ2v) is 2.54. The minimum absolute atomic E-state index is 0.144. The Balaban J connectivity index is 3.59. The summed E-state index contributed by atoms with van der Waals surface area (Å²) < 4.78 is 0. The normalized spacial score (nSPS) is 10.8. The SMILES string of the molecule is C#CCCC/C=C(\C)C(C)=O. The Kier molecular flexibility index (Phi) is 5.20. The van der Waals surface area contributed by atoms with E-state index in [1.165, 1.54) is 0 Å². The zero-order valence-electron chi connectivity index (χ0n) is 7.18. The number of hydrogen-bond donors (Lipinski definition) is 0. The Morgan fingerprint density at radius 1 is 1.55 bits per heavy atom. The Morgan fingerprint density at radius 3 is 2.64 bits per heavy atom. The first-order valence-electron chi connectivity index (χ1n) is 3.79. The summed E-state index contributed by atoms with van der Waals surface area (Å²) in [4.78, 5) is 10.7. The first-order valence-corrected chi connectivity index (χ1v) is 3.79. The maximum atomic E-state index is 10.7. The second-order valence-electron chi connectivity index (χ2n) is 2.54. The lowest BCUT2D eigenvalue weighted by Gasteiger charge is -1.92. The van der Waals surface area contributed by atoms with E-state index in [-0.39, 0.29) is 5.78 Å². The average Bonchev–Trinajstić information content (AvgIpc) is 1.97. The van der Waals surface area contributed by atoms with Gasteiger partial charge in [0.15, 0.2) is 5.78 Å². The van der Waals surface area contributed by atoms with Crippen LogP contribution in [-0.4, -0.2) is 5.78 Å². The van der Waals surface area contributed by atoms with Gasteiger partial charge in [-0.05, 0) is 32.3 Å². The summed E-state index contributed by atoms with van der Waals surface area (Å²) >= 11 is 0. The molecule has 0 aromatic carbocycles. The van der Waals surface area contributed by atoms with Crippen LogP contribution in [0.3, 0.4) is 0 Å². The van der Waals surface area contributed by atoms with Crippen LogP contribution in [-0.2, 0) is 4.79 Å². The lowest BCUT2D eigenvalue weighted by atomic mass is 10.1. The van der Waals surface area contributed by atoms with E-state index in [0.29, 0.717) is 0 Å². The molecule has 11 heavy (non-hydrogen) atoms. The van der Waals surface area contributed by atoms with Crippen molar-refractivity contribution in [3.63, 3.8) is 0 Å². The van der Waals surface area contributed by atoms with E-state index in [1.807, 2.05) is 13.0 Å². The van der Waals surface area contributed by atoms with Crippen molar-refractivity contribution >= 4 is 5.78 Å². The first-order chi connectivity index (χ1) is 5.18. The van der Waals surface area contributed by atoms with Gasteiger partial charge >= 0.3 is 0 Å². The smallest absolute Gasteiger partial charge is 0.155 e. The highest BCUT2D eigenvalue weighted by Gasteiger charge is 1.93. The molecule has 0 aliphatic rings. The molecular weight excluding hydrogens is 136 g/mol. The summed E-state index contributed by atoms with van der Waals surface area (Å²) in [6.45, 7) is 3.41. The number of carbonyl (C=O) groups is 1. The fourth-order valence-electron chi connectivity index (χ4n) is 0.666. The van der Waals surface area contributed by atoms with Gasteiger partial charge in [-0.25, -0.2) is 0 Å². The van der Waals surface area contributed by atoms with Gasteiger partial charge in [-0.15, -0.1) is 12.3 Å². The molecule has 0 heterocycles. The van der Waals surface area contributed by atoms with E-state index >= 15 is 0 Å². The third-order valence-corrected chi connectivity index (χ3v) is 1.53. The molecule has 1 heteroatoms. The monoisotopic (exact) mass is 150 g/mol. The van der Waals surface area contributed by atoms with E-state index in [4.69, 9.17) is 6.42 Å². The predicted octanol–water partition coefficient (Wildman–Crippen LogP) is 2.33. The molecule has 0 amide bonds. The lowest BCUT2D eigenvalue weighted by Crippen LogP contribution is -1.90. The molecule has 0 aromatic rings. The standard InChI is InChI=1S/C10H14O/c1-4-5-6-7-8-9(2)10(3)11/h1,8H,5-7H2,2-3H3/b9-8+. The molecule has 0 aliphatic heterocycles. The van der Waals surface area contributed by atoms with Gasteiger partial charge in [0, 0.05) is 6.42 Å². The van der Waals surface area contributed by atoms with Gasteiger partial charge in [0.1, 0.15) is 0 Å². The summed E-state index contributed by atoms with van der Waals surface area (Å²) in [7, 11) is 0. The van der Waals surface area contributed by atoms with Crippen molar-refractivity contribution in [2.45, 2.75) is 33.1 Å². The minimum Gasteiger partial charge on any atom is -0.295 e. The van der Waals surface area contributed by atoms with Crippen LogP contribution in [0.2, 0.25) is 0 Å². The van der Waals surface area contributed by atoms with Crippen molar-refractivity contribution in [2.75, 3.05) is 0 Å². The Morgan fingerprint density at radius 2 is 2.18 bits per heavy atom. The van der Waals surface area contributed by atoms with E-state index in [0.717, 1.165) is 24.8 Å². The Labute approximate surface area is 68.5 Å². The molecule has 1 nitrogen and oxygen atoms in total. The van der Waals surface area contributed by atoms with Crippen molar-refractivity contribution in [1.82, 2.24) is 0 Å². The van der Waals surface area contributed by atoms with Crippen molar-refractivity contribution in [1.29, 1.82) is 0 Å². The summed E-state index contributed by atoms with van der Waals surface area (Å²) in [5.74, 6) is 2.70. The molecule has 0 spiro atoms. The largest absolute Gasteiger partial charge is 0.295 e. The highest BCUT2D eigenvalue weighted by atomic mass is 16.1. The summed E-state index contributed by atoms with van der Waals surface area (Å²) in [6, 6.07) is 0. The van der Waals surface area contributed by atoms with E-state index in [1.54, 1.807) is 6.92 Å². The van der Waals surface area contributed by atoms with E-state index in [2.05, 4.69) is 5.92 Å². The van der Waals surface area contributed by atoms with Crippen LogP contribution in [0.1, 0.15) is 33.1 Å². The molecule has 0 radical (unpaired) electrons. The number of hydrogen-bond acceptors (Lipinski definition) is 1. The lowest BCUT2D eigenvalue weighted by molar-refractivity contribution is -0.113. The topological polar surface area (TPSA) is 17.1 Å². The number of allylic oxidation sites excluding steroid dienone is 2. The summed E-state index contributed by atoms with van der Waals surface area (Å²) in [5.41, 5.74) is 0.835. The molecule has 0 saturated carbocycles. The number of rotatable bonds is 4. The highest BCUT2D eigenvalue weighted by Crippen LogP contribution is 2.01. The molecule has 60 valence electrons. The second kappa shape index (κ2) is 5.73. The van der Waals surface area contributed by atoms with Crippen molar-refractivity contribution < 1.29 is 4.79 Å². The van der Waals surface area contributed by atoms with Crippen LogP contribution in [0, 0.1) is 12.3 Å². The van der Waals surface area contributed by atoms with Gasteiger partial charge < -0.3 is 0 Å². The molecule has 0 atom stereocenters. The van der Waals surface area contributed by atoms with Gasteiger partial charge in [0.2, 0.25) is 0 Å². The van der Waals surface area contributed by atoms with E-state index in [9.17, 15) is 4.79 Å². The van der Waals surface area contributed by atoms with Crippen molar-refractivity contribution in [3.8, 4) is 12.3 Å². The predicted molar refractivity (Wildman–Crippen MR) is 47.1 cm³/mol. The van der Waals surface area contributed by atoms with Gasteiger partial charge in [0.25, 0.3) is 0 Å². The molecule has 0 fully saturated rings. The van der Waals surface area contributed by atoms with Gasteiger partial charge in [0.05, 0.1) is 0 Å². The molecule has 0 rings (SSSR count). The number of Topliss-reactive ketones (excluding diaryl/α,β-unsaturated/α-hetero) is 1. The number of carbonyl (C=O) groups excluding carboxylic acids is 1. The van der Waals surface area contributed by atoms with Crippen LogP contribution in [0.4, 0.5) is 0 Å². The Hall–Kier alpha value is -1.03. The zero-order valence-corrected chi connectivity index (χ0v) is 7.18. The van der Waals surface area contributed by atoms with Crippen LogP contribution in [0.15, 0.2) is 11.6 Å². The highest BCUT2D eigenvalue weighted by molar-refractivity contribution is 5.92. The minimum atomic E-state index is 0.144. The van der Waals surface area contributed by atoms with Gasteiger partial charge in [-0.2, -0.15) is 0 Å². The number of unbranched alkanes of at least 4 members (excludes halogenated alkanes) is 2. The fraction of sp³-hybridized carbons (Fsp3) is 0.500. The Bertz CT molecular complexity index is 193. The van der Waals surface area contributed by atoms with Crippen molar-refractivity contribution in [2.24, 2.45) is 0 Å². The van der Waals surface area contributed by atoms with Gasteiger partial charge in [-0.3, -0.25) is 4.79 Å². The molecule has 0 saturated heterocycles. The van der Waals surface area contributed by atoms with Crippen LogP contribution in [0.5, 0.6) is 0 Å². The molecular formula is C10H14O. The maximum absolute atomic E-state index is 10.7. The number of ketones is 1. The van der Waals surface area contributed by atoms with E-state index < -0.39 is 0 Å². The zero-order chi connectivity index (χ0) is 8.69. The number of terminal acetylenes is 1.